The summed E-state index contributed by atoms with van der Waals surface area (Å²) in [4.78, 5) is 0. The Bertz CT molecular complexity index is 336. The summed E-state index contributed by atoms with van der Waals surface area (Å²) < 4.78 is 0.307. The van der Waals surface area contributed by atoms with E-state index in [1.807, 2.05) is 0 Å². The lowest BCUT2D eigenvalue weighted by atomic mass is 9.59. The molecule has 4 rings (SSSR count). The van der Waals surface area contributed by atoms with Crippen molar-refractivity contribution in [2.24, 2.45) is 0 Å². The number of hydrogen-bond donors (Lipinski definition) is 0. The normalized spacial score (nSPS) is 39.6. The first-order valence-corrected chi connectivity index (χ1v) is 6.22. The van der Waals surface area contributed by atoms with Crippen LogP contribution in [0, 0.1) is 0 Å². The molecule has 0 amide bonds. The second-order valence-electron chi connectivity index (χ2n) is 5.07. The average molecular weight is 251 g/mol. The molecule has 1 aromatic rings. The Kier molecular flexibility index (Phi) is 1.69. The fraction of sp³-hybridized carbons (Fsp3) is 0.538. The Morgan fingerprint density at radius 2 is 1.57 bits per heavy atom. The molecule has 3 aliphatic rings. The highest BCUT2D eigenvalue weighted by atomic mass is 79.9. The van der Waals surface area contributed by atoms with Crippen molar-refractivity contribution in [3.8, 4) is 0 Å². The molecule has 3 aliphatic carbocycles. The lowest BCUT2D eigenvalue weighted by molar-refractivity contribution is 0.242. The Morgan fingerprint density at radius 1 is 1.00 bits per heavy atom. The Labute approximate surface area is 93.8 Å². The molecule has 0 saturated heterocycles. The van der Waals surface area contributed by atoms with Crippen LogP contribution in [-0.4, -0.2) is 0 Å². The predicted octanol–water partition coefficient (Wildman–Crippen LogP) is 4.12. The number of hydrogen-bond acceptors (Lipinski definition) is 0. The minimum Gasteiger partial charge on any atom is -0.0801 e. The summed E-state index contributed by atoms with van der Waals surface area (Å²) in [7, 11) is 0. The van der Waals surface area contributed by atoms with Crippen LogP contribution in [0.15, 0.2) is 24.3 Å². The first-order chi connectivity index (χ1) is 6.64. The monoisotopic (exact) mass is 250 g/mol. The van der Waals surface area contributed by atoms with E-state index in [4.69, 9.17) is 0 Å². The van der Waals surface area contributed by atoms with Gasteiger partial charge in [-0.05, 0) is 42.2 Å². The quantitative estimate of drug-likeness (QED) is 0.608. The molecule has 0 N–H and O–H groups in total. The minimum absolute atomic E-state index is 0.307. The Balaban J connectivity index is 2.28. The lowest BCUT2D eigenvalue weighted by Gasteiger charge is -2.50. The molecular formula is C13H15Br. The number of halogens is 1. The third kappa shape index (κ3) is 0.995. The summed E-state index contributed by atoms with van der Waals surface area (Å²) in [5, 5.41) is 0. The van der Waals surface area contributed by atoms with Crippen LogP contribution in [0.25, 0.3) is 0 Å². The van der Waals surface area contributed by atoms with E-state index in [9.17, 15) is 0 Å². The van der Waals surface area contributed by atoms with E-state index in [0.717, 1.165) is 0 Å². The molecule has 0 spiro atoms. The first kappa shape index (κ1) is 8.96. The van der Waals surface area contributed by atoms with Gasteiger partial charge in [0.1, 0.15) is 0 Å². The standard InChI is InChI=1S/C13H15Br/c1-12-6-8-13(14,9-7-12)11-5-3-2-4-10(11)12/h2-5H,6-9H2,1H3. The van der Waals surface area contributed by atoms with Gasteiger partial charge in [-0.25, -0.2) is 0 Å². The maximum atomic E-state index is 3.96. The van der Waals surface area contributed by atoms with Gasteiger partial charge >= 0.3 is 0 Å². The van der Waals surface area contributed by atoms with Crippen LogP contribution in [0.4, 0.5) is 0 Å². The van der Waals surface area contributed by atoms with Crippen molar-refractivity contribution in [2.45, 2.75) is 42.3 Å². The van der Waals surface area contributed by atoms with Crippen LogP contribution in [0.1, 0.15) is 43.7 Å². The second-order valence-corrected chi connectivity index (χ2v) is 6.59. The van der Waals surface area contributed by atoms with E-state index in [0.29, 0.717) is 9.74 Å². The van der Waals surface area contributed by atoms with E-state index in [1.54, 1.807) is 11.1 Å². The molecule has 1 fully saturated rings. The minimum atomic E-state index is 0.307. The summed E-state index contributed by atoms with van der Waals surface area (Å²) in [6.45, 7) is 2.43. The molecule has 0 unspecified atom stereocenters. The zero-order valence-electron chi connectivity index (χ0n) is 8.52. The van der Waals surface area contributed by atoms with Crippen molar-refractivity contribution < 1.29 is 0 Å². The number of alkyl halides is 1. The third-order valence-electron chi connectivity index (χ3n) is 4.21. The lowest BCUT2D eigenvalue weighted by Crippen LogP contribution is -2.42. The third-order valence-corrected chi connectivity index (χ3v) is 5.43. The van der Waals surface area contributed by atoms with Gasteiger partial charge < -0.3 is 0 Å². The molecule has 1 saturated carbocycles. The molecule has 74 valence electrons. The van der Waals surface area contributed by atoms with E-state index in [-0.39, 0.29) is 0 Å². The average Bonchev–Trinajstić information content (AvgIpc) is 2.22. The number of fused-ring (bicyclic) bond motifs is 2. The highest BCUT2D eigenvalue weighted by molar-refractivity contribution is 9.09. The molecule has 0 atom stereocenters. The predicted molar refractivity (Wildman–Crippen MR) is 62.9 cm³/mol. The van der Waals surface area contributed by atoms with Gasteiger partial charge in [0.05, 0.1) is 4.32 Å². The number of rotatable bonds is 0. The van der Waals surface area contributed by atoms with Crippen LogP contribution >= 0.6 is 15.9 Å². The van der Waals surface area contributed by atoms with Crippen LogP contribution in [0.2, 0.25) is 0 Å². The van der Waals surface area contributed by atoms with E-state index < -0.39 is 0 Å². The van der Waals surface area contributed by atoms with Crippen LogP contribution < -0.4 is 0 Å². The van der Waals surface area contributed by atoms with Gasteiger partial charge in [-0.2, -0.15) is 0 Å². The fourth-order valence-electron chi connectivity index (χ4n) is 3.14. The SMILES string of the molecule is CC12CCC(Br)(CC1)c1ccccc12. The molecule has 1 aromatic carbocycles. The van der Waals surface area contributed by atoms with Crippen molar-refractivity contribution in [2.75, 3.05) is 0 Å². The van der Waals surface area contributed by atoms with Gasteiger partial charge in [-0.15, -0.1) is 0 Å². The fourth-order valence-corrected chi connectivity index (χ4v) is 3.88. The molecule has 14 heavy (non-hydrogen) atoms. The van der Waals surface area contributed by atoms with Crippen LogP contribution in [0.5, 0.6) is 0 Å². The molecule has 0 heterocycles. The smallest absolute Gasteiger partial charge is 0.0509 e. The Morgan fingerprint density at radius 3 is 2.14 bits per heavy atom. The van der Waals surface area contributed by atoms with Gasteiger partial charge in [0.25, 0.3) is 0 Å². The van der Waals surface area contributed by atoms with Crippen LogP contribution in [-0.2, 0) is 9.74 Å². The topological polar surface area (TPSA) is 0 Å². The van der Waals surface area contributed by atoms with Gasteiger partial charge in [-0.1, -0.05) is 47.1 Å². The largest absolute Gasteiger partial charge is 0.0801 e. The van der Waals surface area contributed by atoms with Crippen molar-refractivity contribution in [3.63, 3.8) is 0 Å². The summed E-state index contributed by atoms with van der Waals surface area (Å²) in [5.74, 6) is 0. The van der Waals surface area contributed by atoms with Crippen LogP contribution in [0.3, 0.4) is 0 Å². The van der Waals surface area contributed by atoms with Crippen molar-refractivity contribution >= 4 is 15.9 Å². The van der Waals surface area contributed by atoms with Crippen molar-refractivity contribution in [1.29, 1.82) is 0 Å². The van der Waals surface area contributed by atoms with E-state index >= 15 is 0 Å². The number of benzene rings is 1. The molecule has 0 aliphatic heterocycles. The maximum absolute atomic E-state index is 3.96. The van der Waals surface area contributed by atoms with Gasteiger partial charge in [0.15, 0.2) is 0 Å². The highest BCUT2D eigenvalue weighted by Gasteiger charge is 2.48. The maximum Gasteiger partial charge on any atom is 0.0509 e. The van der Waals surface area contributed by atoms with E-state index in [2.05, 4.69) is 47.1 Å². The first-order valence-electron chi connectivity index (χ1n) is 5.43. The van der Waals surface area contributed by atoms with Gasteiger partial charge in [0.2, 0.25) is 0 Å². The second kappa shape index (κ2) is 2.63. The molecule has 2 bridgehead atoms. The van der Waals surface area contributed by atoms with E-state index in [1.165, 1.54) is 25.7 Å². The van der Waals surface area contributed by atoms with Gasteiger partial charge in [0, 0.05) is 0 Å². The summed E-state index contributed by atoms with van der Waals surface area (Å²) >= 11 is 3.96. The zero-order valence-corrected chi connectivity index (χ0v) is 10.1. The molecule has 0 radical (unpaired) electrons. The molecule has 0 nitrogen and oxygen atoms in total. The van der Waals surface area contributed by atoms with Crippen molar-refractivity contribution in [1.82, 2.24) is 0 Å². The van der Waals surface area contributed by atoms with Crippen molar-refractivity contribution in [3.05, 3.63) is 35.4 Å². The summed E-state index contributed by atoms with van der Waals surface area (Å²) in [6.07, 6.45) is 5.30. The summed E-state index contributed by atoms with van der Waals surface area (Å²) in [6, 6.07) is 8.98. The highest BCUT2D eigenvalue weighted by Crippen LogP contribution is 2.58. The van der Waals surface area contributed by atoms with Gasteiger partial charge in [-0.3, -0.25) is 0 Å². The zero-order chi connectivity index (χ0) is 9.81. The Hall–Kier alpha value is -0.300. The molecule has 0 aromatic heterocycles. The molecular weight excluding hydrogens is 236 g/mol. The molecule has 1 heteroatoms. The summed E-state index contributed by atoms with van der Waals surface area (Å²) in [5.41, 5.74) is 3.61.